The van der Waals surface area contributed by atoms with Crippen LogP contribution in [-0.4, -0.2) is 34.1 Å². The maximum atomic E-state index is 12.6. The Labute approximate surface area is 158 Å². The van der Waals surface area contributed by atoms with Gasteiger partial charge >= 0.3 is 0 Å². The zero-order valence-corrected chi connectivity index (χ0v) is 16.0. The van der Waals surface area contributed by atoms with E-state index >= 15 is 0 Å². The van der Waals surface area contributed by atoms with Crippen molar-refractivity contribution >= 4 is 5.91 Å². The number of aromatic nitrogens is 2. The van der Waals surface area contributed by atoms with Crippen molar-refractivity contribution in [2.75, 3.05) is 7.05 Å². The van der Waals surface area contributed by atoms with Gasteiger partial charge in [0.25, 0.3) is 5.91 Å². The molecule has 0 N–H and O–H groups in total. The first kappa shape index (κ1) is 18.6. The maximum absolute atomic E-state index is 12.6. The third kappa shape index (κ3) is 4.73. The molecule has 0 saturated heterocycles. The van der Waals surface area contributed by atoms with Gasteiger partial charge in [0.15, 0.2) is 6.10 Å². The second-order valence-electron chi connectivity index (χ2n) is 6.65. The van der Waals surface area contributed by atoms with Crippen LogP contribution in [0.1, 0.15) is 23.9 Å². The van der Waals surface area contributed by atoms with Gasteiger partial charge in [0.1, 0.15) is 5.75 Å². The molecule has 1 amide bonds. The van der Waals surface area contributed by atoms with E-state index in [-0.39, 0.29) is 12.5 Å². The molecular formula is C21H23N3O3. The topological polar surface area (TPSA) is 68.5 Å². The van der Waals surface area contributed by atoms with E-state index in [0.717, 1.165) is 16.7 Å². The summed E-state index contributed by atoms with van der Waals surface area (Å²) in [5, 5.41) is 4.01. The van der Waals surface area contributed by atoms with Crippen LogP contribution < -0.4 is 4.74 Å². The van der Waals surface area contributed by atoms with Gasteiger partial charge in [0, 0.05) is 12.6 Å². The van der Waals surface area contributed by atoms with Gasteiger partial charge in [-0.1, -0.05) is 41.1 Å². The summed E-state index contributed by atoms with van der Waals surface area (Å²) >= 11 is 0. The van der Waals surface area contributed by atoms with Gasteiger partial charge in [-0.25, -0.2) is 0 Å². The molecule has 0 aliphatic rings. The summed E-state index contributed by atoms with van der Waals surface area (Å²) in [6, 6.07) is 15.5. The molecule has 1 aromatic heterocycles. The zero-order valence-electron chi connectivity index (χ0n) is 16.0. The number of hydrogen-bond acceptors (Lipinski definition) is 5. The van der Waals surface area contributed by atoms with E-state index in [2.05, 4.69) is 10.1 Å². The van der Waals surface area contributed by atoms with Gasteiger partial charge in [-0.05, 0) is 44.5 Å². The van der Waals surface area contributed by atoms with E-state index in [0.29, 0.717) is 17.5 Å². The highest BCUT2D eigenvalue weighted by Crippen LogP contribution is 2.18. The van der Waals surface area contributed by atoms with Crippen LogP contribution in [0.25, 0.3) is 11.4 Å². The number of carbonyl (C=O) groups is 1. The minimum Gasteiger partial charge on any atom is -0.481 e. The normalized spacial score (nSPS) is 11.9. The Morgan fingerprint density at radius 2 is 1.85 bits per heavy atom. The third-order valence-corrected chi connectivity index (χ3v) is 4.14. The van der Waals surface area contributed by atoms with Crippen LogP contribution in [0.3, 0.4) is 0 Å². The number of nitrogens with zero attached hydrogens (tertiary/aromatic N) is 3. The fraction of sp³-hybridized carbons (Fsp3) is 0.286. The van der Waals surface area contributed by atoms with Crippen LogP contribution in [0.4, 0.5) is 0 Å². The smallest absolute Gasteiger partial charge is 0.263 e. The molecule has 1 heterocycles. The lowest BCUT2D eigenvalue weighted by Crippen LogP contribution is -2.37. The Kier molecular flexibility index (Phi) is 5.54. The van der Waals surface area contributed by atoms with Gasteiger partial charge in [0.2, 0.25) is 11.7 Å². The second-order valence-corrected chi connectivity index (χ2v) is 6.65. The van der Waals surface area contributed by atoms with E-state index in [1.807, 2.05) is 62.4 Å². The van der Waals surface area contributed by atoms with Gasteiger partial charge in [-0.3, -0.25) is 4.79 Å². The fourth-order valence-electron chi connectivity index (χ4n) is 2.75. The van der Waals surface area contributed by atoms with Crippen molar-refractivity contribution in [1.82, 2.24) is 15.0 Å². The first-order valence-electron chi connectivity index (χ1n) is 8.80. The van der Waals surface area contributed by atoms with E-state index in [4.69, 9.17) is 9.26 Å². The van der Waals surface area contributed by atoms with Gasteiger partial charge in [-0.2, -0.15) is 4.98 Å². The Hall–Kier alpha value is -3.15. The Bertz CT molecular complexity index is 936. The van der Waals surface area contributed by atoms with E-state index in [9.17, 15) is 4.79 Å². The molecule has 0 spiro atoms. The van der Waals surface area contributed by atoms with Crippen LogP contribution in [0.5, 0.6) is 5.75 Å². The van der Waals surface area contributed by atoms with Crippen LogP contribution in [0.15, 0.2) is 53.1 Å². The number of likely N-dealkylation sites (N-methyl/N-ethyl adjacent to an activating group) is 1. The summed E-state index contributed by atoms with van der Waals surface area (Å²) in [6.45, 7) is 5.94. The summed E-state index contributed by atoms with van der Waals surface area (Å²) < 4.78 is 11.0. The van der Waals surface area contributed by atoms with Crippen LogP contribution in [-0.2, 0) is 11.3 Å². The standard InChI is InChI=1S/C21H23N3O3/c1-14-7-5-9-17(11-14)20-22-19(27-23-20)13-24(4)21(25)16(3)26-18-10-6-8-15(2)12-18/h5-12,16H,13H2,1-4H3/t16-/m1/s1. The predicted molar refractivity (Wildman–Crippen MR) is 102 cm³/mol. The van der Waals surface area contributed by atoms with Gasteiger partial charge in [-0.15, -0.1) is 0 Å². The molecular weight excluding hydrogens is 342 g/mol. The highest BCUT2D eigenvalue weighted by atomic mass is 16.5. The zero-order chi connectivity index (χ0) is 19.4. The number of ether oxygens (including phenoxy) is 1. The highest BCUT2D eigenvalue weighted by molar-refractivity contribution is 5.80. The van der Waals surface area contributed by atoms with Crippen LogP contribution >= 0.6 is 0 Å². The first-order chi connectivity index (χ1) is 12.9. The molecule has 0 aliphatic heterocycles. The average Bonchev–Trinajstić information content (AvgIpc) is 3.09. The molecule has 0 unspecified atom stereocenters. The molecule has 1 atom stereocenters. The number of rotatable bonds is 6. The molecule has 0 radical (unpaired) electrons. The molecule has 0 aliphatic carbocycles. The Balaban J connectivity index is 1.62. The van der Waals surface area contributed by atoms with Crippen molar-refractivity contribution in [3.63, 3.8) is 0 Å². The molecule has 6 nitrogen and oxygen atoms in total. The fourth-order valence-corrected chi connectivity index (χ4v) is 2.75. The maximum Gasteiger partial charge on any atom is 0.263 e. The molecule has 2 aromatic carbocycles. The first-order valence-corrected chi connectivity index (χ1v) is 8.80. The van der Waals surface area contributed by atoms with Crippen LogP contribution in [0, 0.1) is 13.8 Å². The molecule has 27 heavy (non-hydrogen) atoms. The van der Waals surface area contributed by atoms with Gasteiger partial charge in [0.05, 0.1) is 6.54 Å². The number of hydrogen-bond donors (Lipinski definition) is 0. The SMILES string of the molecule is Cc1cccc(O[C@H](C)C(=O)N(C)Cc2nc(-c3cccc(C)c3)no2)c1. The number of aryl methyl sites for hydroxylation is 2. The lowest BCUT2D eigenvalue weighted by Gasteiger charge is -2.20. The van der Waals surface area contributed by atoms with Crippen molar-refractivity contribution in [2.45, 2.75) is 33.4 Å². The largest absolute Gasteiger partial charge is 0.481 e. The summed E-state index contributed by atoms with van der Waals surface area (Å²) in [6.07, 6.45) is -0.615. The monoisotopic (exact) mass is 365 g/mol. The highest BCUT2D eigenvalue weighted by Gasteiger charge is 2.21. The molecule has 0 saturated carbocycles. The van der Waals surface area contributed by atoms with Gasteiger partial charge < -0.3 is 14.2 Å². The molecule has 3 rings (SSSR count). The lowest BCUT2D eigenvalue weighted by atomic mass is 10.1. The third-order valence-electron chi connectivity index (χ3n) is 4.14. The number of carbonyl (C=O) groups excluding carboxylic acids is 1. The quantitative estimate of drug-likeness (QED) is 0.665. The second kappa shape index (κ2) is 8.03. The van der Waals surface area contributed by atoms with Crippen LogP contribution in [0.2, 0.25) is 0 Å². The average molecular weight is 365 g/mol. The minimum atomic E-state index is -0.615. The number of benzene rings is 2. The van der Waals surface area contributed by atoms with Crippen molar-refractivity contribution in [3.8, 4) is 17.1 Å². The molecule has 0 fully saturated rings. The number of amides is 1. The molecule has 0 bridgehead atoms. The van der Waals surface area contributed by atoms with Crippen molar-refractivity contribution < 1.29 is 14.1 Å². The Morgan fingerprint density at radius 1 is 1.15 bits per heavy atom. The summed E-state index contributed by atoms with van der Waals surface area (Å²) in [7, 11) is 1.69. The molecule has 140 valence electrons. The van der Waals surface area contributed by atoms with Crippen molar-refractivity contribution in [3.05, 3.63) is 65.5 Å². The minimum absolute atomic E-state index is 0.160. The summed E-state index contributed by atoms with van der Waals surface area (Å²) in [5.74, 6) is 1.40. The lowest BCUT2D eigenvalue weighted by molar-refractivity contribution is -0.137. The van der Waals surface area contributed by atoms with E-state index in [1.54, 1.807) is 14.0 Å². The van der Waals surface area contributed by atoms with E-state index < -0.39 is 6.10 Å². The summed E-state index contributed by atoms with van der Waals surface area (Å²) in [5.41, 5.74) is 3.08. The van der Waals surface area contributed by atoms with E-state index in [1.165, 1.54) is 4.90 Å². The molecule has 3 aromatic rings. The van der Waals surface area contributed by atoms with Crippen molar-refractivity contribution in [2.24, 2.45) is 0 Å². The molecule has 6 heteroatoms. The summed E-state index contributed by atoms with van der Waals surface area (Å²) in [4.78, 5) is 18.5. The predicted octanol–water partition coefficient (Wildman–Crippen LogP) is 3.78. The Morgan fingerprint density at radius 3 is 2.56 bits per heavy atom. The van der Waals surface area contributed by atoms with Crippen molar-refractivity contribution in [1.29, 1.82) is 0 Å².